The summed E-state index contributed by atoms with van der Waals surface area (Å²) in [4.78, 5) is 38.3. The minimum atomic E-state index is -0.789. The van der Waals surface area contributed by atoms with Gasteiger partial charge in [-0.2, -0.15) is 0 Å². The van der Waals surface area contributed by atoms with Gasteiger partial charge in [-0.1, -0.05) is 311 Å². The molecule has 6 heteroatoms. The van der Waals surface area contributed by atoms with Crippen LogP contribution >= 0.6 is 0 Å². The molecule has 0 aliphatic rings. The molecule has 0 rings (SSSR count). The third kappa shape index (κ3) is 67.0. The lowest BCUT2D eigenvalue weighted by Gasteiger charge is -2.18. The summed E-state index contributed by atoms with van der Waals surface area (Å²) < 4.78 is 16.9. The van der Waals surface area contributed by atoms with Crippen LogP contribution in [-0.4, -0.2) is 37.2 Å². The van der Waals surface area contributed by atoms with Crippen LogP contribution in [-0.2, 0) is 28.6 Å². The van der Waals surface area contributed by atoms with E-state index < -0.39 is 6.10 Å². The van der Waals surface area contributed by atoms with Crippen LogP contribution in [0.3, 0.4) is 0 Å². The minimum absolute atomic E-state index is 0.0840. The van der Waals surface area contributed by atoms with Crippen LogP contribution in [0.25, 0.3) is 0 Å². The number of carbonyl (C=O) groups excluding carboxylic acids is 3. The van der Waals surface area contributed by atoms with E-state index in [4.69, 9.17) is 14.2 Å². The van der Waals surface area contributed by atoms with Crippen LogP contribution in [0.1, 0.15) is 342 Å². The van der Waals surface area contributed by atoms with Crippen LogP contribution in [0.15, 0.2) is 97.2 Å². The first-order valence-electron chi connectivity index (χ1n) is 34.7. The van der Waals surface area contributed by atoms with Gasteiger partial charge in [-0.15, -0.1) is 0 Å². The highest BCUT2D eigenvalue weighted by Crippen LogP contribution is 2.17. The molecule has 0 aromatic carbocycles. The normalized spacial score (nSPS) is 12.7. The lowest BCUT2D eigenvalue weighted by molar-refractivity contribution is -0.167. The van der Waals surface area contributed by atoms with Crippen molar-refractivity contribution in [2.45, 2.75) is 348 Å². The molecule has 0 spiro atoms. The van der Waals surface area contributed by atoms with Gasteiger partial charge in [-0.05, 0) is 109 Å². The van der Waals surface area contributed by atoms with Crippen LogP contribution in [0.4, 0.5) is 0 Å². The van der Waals surface area contributed by atoms with Gasteiger partial charge < -0.3 is 14.2 Å². The predicted molar refractivity (Wildman–Crippen MR) is 353 cm³/mol. The third-order valence-corrected chi connectivity index (χ3v) is 15.0. The summed E-state index contributed by atoms with van der Waals surface area (Å²) in [6, 6.07) is 0. The van der Waals surface area contributed by atoms with Crippen molar-refractivity contribution in [1.29, 1.82) is 0 Å². The van der Waals surface area contributed by atoms with Gasteiger partial charge in [-0.3, -0.25) is 14.4 Å². The van der Waals surface area contributed by atoms with Crippen LogP contribution in [0, 0.1) is 0 Å². The van der Waals surface area contributed by atoms with Gasteiger partial charge in [0, 0.05) is 19.3 Å². The minimum Gasteiger partial charge on any atom is -0.462 e. The number of rotatable bonds is 63. The molecule has 0 aromatic rings. The summed E-state index contributed by atoms with van der Waals surface area (Å²) >= 11 is 0. The van der Waals surface area contributed by atoms with Crippen molar-refractivity contribution in [3.05, 3.63) is 97.2 Å². The topological polar surface area (TPSA) is 78.9 Å². The van der Waals surface area contributed by atoms with Crippen LogP contribution in [0.5, 0.6) is 0 Å². The first-order chi connectivity index (χ1) is 40.0. The lowest BCUT2D eigenvalue weighted by atomic mass is 10.0. The molecule has 0 saturated heterocycles. The molecule has 0 amide bonds. The second-order valence-corrected chi connectivity index (χ2v) is 23.1. The van der Waals surface area contributed by atoms with Gasteiger partial charge in [0.25, 0.3) is 0 Å². The average Bonchev–Trinajstić information content (AvgIpc) is 3.47. The number of esters is 3. The Hall–Kier alpha value is -3.67. The number of hydrogen-bond donors (Lipinski definition) is 0. The number of carbonyl (C=O) groups is 3. The summed E-state index contributed by atoms with van der Waals surface area (Å²) in [5.74, 6) is -0.899. The van der Waals surface area contributed by atoms with E-state index >= 15 is 0 Å². The fraction of sp³-hybridized carbons (Fsp3) is 0.747. The fourth-order valence-corrected chi connectivity index (χ4v) is 9.82. The molecule has 1 atom stereocenters. The van der Waals surface area contributed by atoms with Gasteiger partial charge in [0.1, 0.15) is 13.2 Å². The fourth-order valence-electron chi connectivity index (χ4n) is 9.82. The van der Waals surface area contributed by atoms with Crippen molar-refractivity contribution in [3.63, 3.8) is 0 Å². The molecule has 0 saturated carbocycles. The molecule has 1 unspecified atom stereocenters. The number of hydrogen-bond acceptors (Lipinski definition) is 6. The lowest BCUT2D eigenvalue weighted by Crippen LogP contribution is -2.30. The van der Waals surface area contributed by atoms with Gasteiger partial charge in [0.2, 0.25) is 0 Å². The summed E-state index contributed by atoms with van der Waals surface area (Å²) in [7, 11) is 0. The van der Waals surface area contributed by atoms with E-state index in [0.29, 0.717) is 19.3 Å². The van der Waals surface area contributed by atoms with Crippen molar-refractivity contribution in [2.24, 2.45) is 0 Å². The van der Waals surface area contributed by atoms with E-state index in [-0.39, 0.29) is 31.1 Å². The zero-order chi connectivity index (χ0) is 58.5. The predicted octanol–water partition coefficient (Wildman–Crippen LogP) is 24.0. The maximum absolute atomic E-state index is 12.9. The van der Waals surface area contributed by atoms with Crippen molar-refractivity contribution in [3.8, 4) is 0 Å². The summed E-state index contributed by atoms with van der Waals surface area (Å²) in [6.07, 6.45) is 93.1. The van der Waals surface area contributed by atoms with Gasteiger partial charge in [0.15, 0.2) is 6.10 Å². The van der Waals surface area contributed by atoms with Gasteiger partial charge in [0.05, 0.1) is 0 Å². The number of allylic oxidation sites excluding steroid dienone is 16. The molecular weight excluding hydrogens is 997 g/mol. The SMILES string of the molecule is CC/C=C\C/C=C\C/C=C\C/C=C\CCCCCCCCCCCCCCCCCCCCCCCCC(=O)OCC(COC(=O)CCCCCCC/C=C\C/C=C\CCCC)OC(=O)CCCCCCC/C=C\C/C=C\CCCC. The molecule has 466 valence electrons. The molecule has 0 aromatic heterocycles. The Bertz CT molecular complexity index is 1580. The largest absolute Gasteiger partial charge is 0.462 e. The van der Waals surface area contributed by atoms with Gasteiger partial charge >= 0.3 is 17.9 Å². The standard InChI is InChI=1S/C75H130O6/c1-4-7-10-13-16-19-22-25-28-29-30-31-32-33-34-35-36-37-38-39-40-41-42-43-44-45-46-47-48-51-53-56-59-62-65-68-74(77)80-71-72(81-75(78)69-66-63-60-57-54-50-27-24-21-18-15-12-9-6-3)70-79-73(76)67-64-61-58-55-52-49-26-23-20-17-14-11-8-5-2/h7,10,14-19,23-28,30-31,72H,4-6,8-9,11-13,20-22,29,32-71H2,1-3H3/b10-7-,17-14-,18-15-,19-16-,26-23-,27-24-,28-25-,31-30-. The molecule has 0 radical (unpaired) electrons. The second-order valence-electron chi connectivity index (χ2n) is 23.1. The molecule has 0 bridgehead atoms. The Morgan fingerprint density at radius 1 is 0.259 bits per heavy atom. The van der Waals surface area contributed by atoms with Crippen molar-refractivity contribution in [2.75, 3.05) is 13.2 Å². The smallest absolute Gasteiger partial charge is 0.306 e. The molecular formula is C75H130O6. The zero-order valence-corrected chi connectivity index (χ0v) is 53.5. The quantitative estimate of drug-likeness (QED) is 0.0261. The average molecular weight is 1130 g/mol. The van der Waals surface area contributed by atoms with Crippen LogP contribution in [0.2, 0.25) is 0 Å². The second kappa shape index (κ2) is 68.8. The highest BCUT2D eigenvalue weighted by Gasteiger charge is 2.19. The third-order valence-electron chi connectivity index (χ3n) is 15.0. The molecule has 0 aliphatic carbocycles. The van der Waals surface area contributed by atoms with E-state index in [0.717, 1.165) is 128 Å². The van der Waals surface area contributed by atoms with E-state index in [1.54, 1.807) is 0 Å². The van der Waals surface area contributed by atoms with E-state index in [9.17, 15) is 14.4 Å². The summed E-state index contributed by atoms with van der Waals surface area (Å²) in [5.41, 5.74) is 0. The number of unbranched alkanes of at least 4 members (excludes halogenated alkanes) is 36. The van der Waals surface area contributed by atoms with E-state index in [1.165, 1.54) is 173 Å². The maximum Gasteiger partial charge on any atom is 0.306 e. The van der Waals surface area contributed by atoms with Crippen molar-refractivity contribution >= 4 is 17.9 Å². The first-order valence-corrected chi connectivity index (χ1v) is 34.7. The molecule has 6 nitrogen and oxygen atoms in total. The highest BCUT2D eigenvalue weighted by molar-refractivity contribution is 5.71. The summed E-state index contributed by atoms with van der Waals surface area (Å²) in [6.45, 7) is 6.45. The van der Waals surface area contributed by atoms with E-state index in [1.807, 2.05) is 0 Å². The molecule has 0 N–H and O–H groups in total. The van der Waals surface area contributed by atoms with Crippen LogP contribution < -0.4 is 0 Å². The molecule has 81 heavy (non-hydrogen) atoms. The Morgan fingerprint density at radius 3 is 0.753 bits per heavy atom. The Kier molecular flexibility index (Phi) is 65.7. The molecule has 0 fully saturated rings. The Morgan fingerprint density at radius 2 is 0.481 bits per heavy atom. The Balaban J connectivity index is 4.10. The monoisotopic (exact) mass is 1130 g/mol. The van der Waals surface area contributed by atoms with Gasteiger partial charge in [-0.25, -0.2) is 0 Å². The van der Waals surface area contributed by atoms with Crippen molar-refractivity contribution < 1.29 is 28.6 Å². The Labute approximate surface area is 502 Å². The number of ether oxygens (including phenoxy) is 3. The maximum atomic E-state index is 12.9. The highest BCUT2D eigenvalue weighted by atomic mass is 16.6. The zero-order valence-electron chi connectivity index (χ0n) is 53.5. The summed E-state index contributed by atoms with van der Waals surface area (Å²) in [5, 5.41) is 0. The van der Waals surface area contributed by atoms with Crippen molar-refractivity contribution in [1.82, 2.24) is 0 Å². The van der Waals surface area contributed by atoms with E-state index in [2.05, 4.69) is 118 Å². The molecule has 0 heterocycles. The first kappa shape index (κ1) is 77.3. The molecule has 0 aliphatic heterocycles.